The quantitative estimate of drug-likeness (QED) is 0.425. The van der Waals surface area contributed by atoms with Crippen LogP contribution in [0.2, 0.25) is 0 Å². The minimum absolute atomic E-state index is 0.0581. The number of hydrogen-bond acceptors (Lipinski definition) is 6. The van der Waals surface area contributed by atoms with Crippen molar-refractivity contribution < 1.29 is 41.4 Å². The van der Waals surface area contributed by atoms with E-state index in [9.17, 15) is 31.5 Å². The van der Waals surface area contributed by atoms with Crippen LogP contribution in [-0.2, 0) is 14.8 Å². The van der Waals surface area contributed by atoms with Crippen LogP contribution in [0.4, 0.5) is 24.5 Å². The molecule has 3 N–H and O–H groups in total. The number of alkyl halides is 3. The average Bonchev–Trinajstić information content (AvgIpc) is 3.36. The van der Waals surface area contributed by atoms with Gasteiger partial charge in [0.2, 0.25) is 0 Å². The molecule has 0 amide bonds. The van der Waals surface area contributed by atoms with Gasteiger partial charge in [-0.1, -0.05) is 17.7 Å². The molecule has 220 valence electrons. The molecule has 13 heteroatoms. The summed E-state index contributed by atoms with van der Waals surface area (Å²) in [5, 5.41) is 16.6. The summed E-state index contributed by atoms with van der Waals surface area (Å²) in [4.78, 5) is 25.4. The van der Waals surface area contributed by atoms with Gasteiger partial charge in [0.05, 0.1) is 21.8 Å². The van der Waals surface area contributed by atoms with Crippen LogP contribution < -0.4 is 9.62 Å². The van der Waals surface area contributed by atoms with Crippen LogP contribution >= 0.6 is 0 Å². The Balaban J connectivity index is 0.000000559. The molecule has 1 atom stereocenters. The summed E-state index contributed by atoms with van der Waals surface area (Å²) in [6, 6.07) is 9.92. The van der Waals surface area contributed by atoms with E-state index in [-0.39, 0.29) is 10.5 Å². The highest BCUT2D eigenvalue weighted by Gasteiger charge is 2.38. The van der Waals surface area contributed by atoms with Gasteiger partial charge in [0.1, 0.15) is 0 Å². The van der Waals surface area contributed by atoms with E-state index in [0.717, 1.165) is 56.8 Å². The van der Waals surface area contributed by atoms with Gasteiger partial charge in [0.15, 0.2) is 0 Å². The van der Waals surface area contributed by atoms with Crippen LogP contribution in [0.25, 0.3) is 0 Å². The van der Waals surface area contributed by atoms with Gasteiger partial charge in [-0.15, -0.1) is 0 Å². The lowest BCUT2D eigenvalue weighted by Gasteiger charge is -2.37. The SMILES string of the molecule is Cc1ccc(S(=O)(=O)Nc2cc(C(=O)O)ccc2N2CCCC(CN3CCCC3)C2)c(C)c1.O=C(O)C(F)(F)F. The van der Waals surface area contributed by atoms with Crippen LogP contribution in [0, 0.1) is 19.8 Å². The summed E-state index contributed by atoms with van der Waals surface area (Å²) in [5.41, 5.74) is 2.75. The minimum atomic E-state index is -5.08. The van der Waals surface area contributed by atoms with E-state index in [0.29, 0.717) is 17.2 Å². The molecule has 0 saturated carbocycles. The number of aliphatic carboxylic acids is 1. The Labute approximate surface area is 231 Å². The molecular formula is C27H34F3N3O6S. The van der Waals surface area contributed by atoms with Gasteiger partial charge >= 0.3 is 18.1 Å². The second-order valence-corrected chi connectivity index (χ2v) is 11.8. The summed E-state index contributed by atoms with van der Waals surface area (Å²) in [7, 11) is -3.87. The topological polar surface area (TPSA) is 127 Å². The number of aromatic carboxylic acids is 1. The van der Waals surface area contributed by atoms with Gasteiger partial charge in [-0.3, -0.25) is 4.72 Å². The number of carbonyl (C=O) groups is 2. The van der Waals surface area contributed by atoms with Crippen molar-refractivity contribution in [2.24, 2.45) is 5.92 Å². The van der Waals surface area contributed by atoms with E-state index in [4.69, 9.17) is 9.90 Å². The molecule has 2 fully saturated rings. The summed E-state index contributed by atoms with van der Waals surface area (Å²) in [6.07, 6.45) is -0.374. The zero-order valence-electron chi connectivity index (χ0n) is 22.4. The van der Waals surface area contributed by atoms with E-state index >= 15 is 0 Å². The standard InChI is InChI=1S/C25H33N3O4S.C2HF3O2/c1-18-7-10-24(19(2)14-18)33(31,32)26-22-15-21(25(29)30)8-9-23(22)28-13-5-6-20(17-28)16-27-11-3-4-12-27;3-2(4,5)1(6)7/h7-10,14-15,20,26H,3-6,11-13,16-17H2,1-2H3,(H,29,30);(H,6,7). The smallest absolute Gasteiger partial charge is 0.478 e. The zero-order valence-corrected chi connectivity index (χ0v) is 23.2. The molecule has 9 nitrogen and oxygen atoms in total. The first-order chi connectivity index (χ1) is 18.7. The lowest BCUT2D eigenvalue weighted by Crippen LogP contribution is -2.40. The van der Waals surface area contributed by atoms with Gasteiger partial charge in [-0.2, -0.15) is 13.2 Å². The maximum Gasteiger partial charge on any atom is 0.490 e. The number of hydrogen-bond donors (Lipinski definition) is 3. The van der Waals surface area contributed by atoms with Crippen molar-refractivity contribution >= 4 is 33.3 Å². The van der Waals surface area contributed by atoms with Crippen molar-refractivity contribution in [3.05, 3.63) is 53.1 Å². The Hall–Kier alpha value is -3.32. The lowest BCUT2D eigenvalue weighted by atomic mass is 9.96. The van der Waals surface area contributed by atoms with E-state index < -0.39 is 28.1 Å². The van der Waals surface area contributed by atoms with Crippen molar-refractivity contribution in [3.63, 3.8) is 0 Å². The molecular weight excluding hydrogens is 551 g/mol. The van der Waals surface area contributed by atoms with Crippen molar-refractivity contribution in [1.29, 1.82) is 0 Å². The molecule has 40 heavy (non-hydrogen) atoms. The number of benzene rings is 2. The maximum atomic E-state index is 13.3. The van der Waals surface area contributed by atoms with Crippen LogP contribution in [0.15, 0.2) is 41.3 Å². The summed E-state index contributed by atoms with van der Waals surface area (Å²) >= 11 is 0. The molecule has 1 unspecified atom stereocenters. The van der Waals surface area contributed by atoms with E-state index in [2.05, 4.69) is 14.5 Å². The molecule has 0 aromatic heterocycles. The largest absolute Gasteiger partial charge is 0.490 e. The molecule has 0 bridgehead atoms. The van der Waals surface area contributed by atoms with Gasteiger partial charge in [-0.05, 0) is 88.4 Å². The molecule has 4 rings (SSSR count). The molecule has 2 saturated heterocycles. The molecule has 0 radical (unpaired) electrons. The van der Waals surface area contributed by atoms with E-state index in [1.165, 1.54) is 18.9 Å². The second-order valence-electron chi connectivity index (χ2n) is 10.2. The van der Waals surface area contributed by atoms with E-state index in [1.54, 1.807) is 31.2 Å². The first kappa shape index (κ1) is 31.2. The van der Waals surface area contributed by atoms with Crippen molar-refractivity contribution in [3.8, 4) is 0 Å². The molecule has 0 aliphatic carbocycles. The van der Waals surface area contributed by atoms with Gasteiger partial charge in [-0.25, -0.2) is 18.0 Å². The number of anilines is 2. The van der Waals surface area contributed by atoms with Crippen molar-refractivity contribution in [1.82, 2.24) is 4.90 Å². The molecule has 2 aromatic carbocycles. The Bertz CT molecular complexity index is 1330. The molecule has 2 aliphatic heterocycles. The van der Waals surface area contributed by atoms with Gasteiger partial charge in [0.25, 0.3) is 10.0 Å². The highest BCUT2D eigenvalue weighted by molar-refractivity contribution is 7.92. The van der Waals surface area contributed by atoms with E-state index in [1.807, 2.05) is 13.0 Å². The third-order valence-corrected chi connectivity index (χ3v) is 8.45. The number of carboxylic acid groups (broad SMARTS) is 2. The Morgan fingerprint density at radius 1 is 1.00 bits per heavy atom. The number of likely N-dealkylation sites (tertiary alicyclic amines) is 1. The Morgan fingerprint density at radius 2 is 1.65 bits per heavy atom. The highest BCUT2D eigenvalue weighted by atomic mass is 32.2. The number of nitrogens with zero attached hydrogens (tertiary/aromatic N) is 2. The van der Waals surface area contributed by atoms with Crippen molar-refractivity contribution in [2.75, 3.05) is 42.3 Å². The normalized spacial score (nSPS) is 18.1. The average molecular weight is 586 g/mol. The number of carboxylic acids is 2. The van der Waals surface area contributed by atoms with Crippen LogP contribution in [0.1, 0.15) is 47.2 Å². The fourth-order valence-corrected chi connectivity index (χ4v) is 6.38. The second kappa shape index (κ2) is 12.9. The van der Waals surface area contributed by atoms with Crippen molar-refractivity contribution in [2.45, 2.75) is 50.6 Å². The molecule has 0 spiro atoms. The fraction of sp³-hybridized carbons (Fsp3) is 0.481. The van der Waals surface area contributed by atoms with Crippen LogP contribution in [-0.4, -0.2) is 74.4 Å². The number of halogens is 3. The highest BCUT2D eigenvalue weighted by Crippen LogP contribution is 2.33. The Kier molecular flexibility index (Phi) is 10.1. The van der Waals surface area contributed by atoms with Crippen LogP contribution in [0.5, 0.6) is 0 Å². The van der Waals surface area contributed by atoms with Gasteiger partial charge in [0, 0.05) is 19.6 Å². The number of rotatable bonds is 7. The molecule has 2 aromatic rings. The van der Waals surface area contributed by atoms with Crippen LogP contribution in [0.3, 0.4) is 0 Å². The molecule has 2 aliphatic rings. The third-order valence-electron chi connectivity index (χ3n) is 6.93. The fourth-order valence-electron chi connectivity index (χ4n) is 5.09. The monoisotopic (exact) mass is 585 g/mol. The minimum Gasteiger partial charge on any atom is -0.478 e. The number of piperidine rings is 1. The lowest BCUT2D eigenvalue weighted by molar-refractivity contribution is -0.192. The summed E-state index contributed by atoms with van der Waals surface area (Å²) < 4.78 is 61.0. The summed E-state index contributed by atoms with van der Waals surface area (Å²) in [6.45, 7) is 8.72. The number of sulfonamides is 1. The summed E-state index contributed by atoms with van der Waals surface area (Å²) in [5.74, 6) is -3.33. The maximum absolute atomic E-state index is 13.3. The number of nitrogens with one attached hydrogen (secondary N) is 1. The van der Waals surface area contributed by atoms with Gasteiger partial charge < -0.3 is 20.0 Å². The number of aryl methyl sites for hydroxylation is 2. The Morgan fingerprint density at radius 3 is 2.23 bits per heavy atom. The predicted molar refractivity (Wildman–Crippen MR) is 144 cm³/mol. The first-order valence-electron chi connectivity index (χ1n) is 12.9. The first-order valence-corrected chi connectivity index (χ1v) is 14.4. The molecule has 2 heterocycles. The predicted octanol–water partition coefficient (Wildman–Crippen LogP) is 4.75. The third kappa shape index (κ3) is 8.34. The zero-order chi connectivity index (χ0) is 29.7.